The molecule has 4 N–H and O–H groups in total. The van der Waals surface area contributed by atoms with E-state index in [0.29, 0.717) is 5.69 Å². The average Bonchev–Trinajstić information content (AvgIpc) is 2.15. The van der Waals surface area contributed by atoms with E-state index in [1.807, 2.05) is 20.8 Å². The molecule has 1 aromatic heterocycles. The molecule has 0 saturated carbocycles. The summed E-state index contributed by atoms with van der Waals surface area (Å²) in [6.07, 6.45) is 0.142. The van der Waals surface area contributed by atoms with Crippen LogP contribution in [0.15, 0.2) is 18.3 Å². The van der Waals surface area contributed by atoms with E-state index in [0.717, 1.165) is 0 Å². The third-order valence-corrected chi connectivity index (χ3v) is 1.84. The van der Waals surface area contributed by atoms with Gasteiger partial charge < -0.3 is 16.2 Å². The molecule has 0 bridgehead atoms. The van der Waals surface area contributed by atoms with Gasteiger partial charge in [-0.1, -0.05) is 0 Å². The van der Waals surface area contributed by atoms with Gasteiger partial charge in [0, 0.05) is 5.54 Å². The van der Waals surface area contributed by atoms with Gasteiger partial charge in [-0.05, 0) is 32.9 Å². The van der Waals surface area contributed by atoms with Gasteiger partial charge in [0.2, 0.25) is 0 Å². The van der Waals surface area contributed by atoms with E-state index in [9.17, 15) is 9.90 Å². The standard InChI is InChI=1S/C11H17N3O2/c1-11(2,3)14-10(16)9(15)8-5-4-7(12)6-13-8/h4-6,9,15H,12H2,1-3H3,(H,14,16). The Balaban J connectivity index is 2.74. The van der Waals surface area contributed by atoms with Gasteiger partial charge in [-0.25, -0.2) is 0 Å². The predicted molar refractivity (Wildman–Crippen MR) is 61.5 cm³/mol. The van der Waals surface area contributed by atoms with Crippen LogP contribution in [0.4, 0.5) is 5.69 Å². The zero-order valence-electron chi connectivity index (χ0n) is 9.69. The number of aliphatic hydroxyl groups is 1. The molecule has 5 nitrogen and oxygen atoms in total. The van der Waals surface area contributed by atoms with E-state index in [2.05, 4.69) is 10.3 Å². The molecule has 1 atom stereocenters. The first-order valence-electron chi connectivity index (χ1n) is 5.01. The second kappa shape index (κ2) is 4.49. The Labute approximate surface area is 94.7 Å². The molecule has 0 fully saturated rings. The van der Waals surface area contributed by atoms with Gasteiger partial charge in [0.1, 0.15) is 0 Å². The van der Waals surface area contributed by atoms with Crippen LogP contribution in [-0.4, -0.2) is 21.5 Å². The summed E-state index contributed by atoms with van der Waals surface area (Å²) in [5.74, 6) is -0.468. The molecule has 1 aromatic rings. The van der Waals surface area contributed by atoms with Gasteiger partial charge >= 0.3 is 0 Å². The molecule has 88 valence electrons. The van der Waals surface area contributed by atoms with Crippen molar-refractivity contribution in [1.82, 2.24) is 10.3 Å². The largest absolute Gasteiger partial charge is 0.397 e. The van der Waals surface area contributed by atoms with Crippen LogP contribution < -0.4 is 11.1 Å². The summed E-state index contributed by atoms with van der Waals surface area (Å²) in [7, 11) is 0. The van der Waals surface area contributed by atoms with E-state index >= 15 is 0 Å². The second-order valence-corrected chi connectivity index (χ2v) is 4.66. The molecule has 16 heavy (non-hydrogen) atoms. The van der Waals surface area contributed by atoms with Crippen molar-refractivity contribution in [3.05, 3.63) is 24.0 Å². The first-order chi connectivity index (χ1) is 7.29. The summed E-state index contributed by atoms with van der Waals surface area (Å²) in [5.41, 5.74) is 5.86. The van der Waals surface area contributed by atoms with Crippen LogP contribution in [0.5, 0.6) is 0 Å². The van der Waals surface area contributed by atoms with Crippen molar-refractivity contribution in [2.24, 2.45) is 0 Å². The highest BCUT2D eigenvalue weighted by atomic mass is 16.3. The molecule has 0 aliphatic carbocycles. The molecule has 0 saturated heterocycles. The summed E-state index contributed by atoms with van der Waals surface area (Å²) in [4.78, 5) is 15.5. The van der Waals surface area contributed by atoms with E-state index in [4.69, 9.17) is 5.73 Å². The minimum atomic E-state index is -1.26. The number of rotatable bonds is 2. The van der Waals surface area contributed by atoms with E-state index < -0.39 is 12.0 Å². The van der Waals surface area contributed by atoms with E-state index in [-0.39, 0.29) is 11.2 Å². The molecular formula is C11H17N3O2. The molecule has 1 rings (SSSR count). The van der Waals surface area contributed by atoms with Gasteiger partial charge in [-0.3, -0.25) is 9.78 Å². The molecule has 1 unspecified atom stereocenters. The quantitative estimate of drug-likeness (QED) is 0.685. The van der Waals surface area contributed by atoms with Gasteiger partial charge in [0.25, 0.3) is 5.91 Å². The number of nitrogens with two attached hydrogens (primary N) is 1. The Bertz CT molecular complexity index is 368. The zero-order valence-corrected chi connectivity index (χ0v) is 9.69. The molecule has 1 amide bonds. The Kier molecular flexibility index (Phi) is 3.49. The summed E-state index contributed by atoms with van der Waals surface area (Å²) in [6, 6.07) is 3.12. The number of nitrogens with zero attached hydrogens (tertiary/aromatic N) is 1. The summed E-state index contributed by atoms with van der Waals surface area (Å²) >= 11 is 0. The first-order valence-corrected chi connectivity index (χ1v) is 5.01. The summed E-state index contributed by atoms with van der Waals surface area (Å²) in [6.45, 7) is 5.52. The Hall–Kier alpha value is -1.62. The lowest BCUT2D eigenvalue weighted by atomic mass is 10.1. The van der Waals surface area contributed by atoms with Crippen LogP contribution >= 0.6 is 0 Å². The molecule has 0 aliphatic heterocycles. The maximum Gasteiger partial charge on any atom is 0.255 e. The highest BCUT2D eigenvalue weighted by molar-refractivity contribution is 5.82. The van der Waals surface area contributed by atoms with Gasteiger partial charge in [0.05, 0.1) is 17.6 Å². The van der Waals surface area contributed by atoms with Gasteiger partial charge in [0.15, 0.2) is 6.10 Å². The van der Waals surface area contributed by atoms with Crippen molar-refractivity contribution in [1.29, 1.82) is 0 Å². The fraction of sp³-hybridized carbons (Fsp3) is 0.455. The minimum Gasteiger partial charge on any atom is -0.397 e. The Morgan fingerprint density at radius 1 is 1.50 bits per heavy atom. The normalized spacial score (nSPS) is 13.2. The number of nitrogen functional groups attached to an aromatic ring is 1. The zero-order chi connectivity index (χ0) is 12.3. The topological polar surface area (TPSA) is 88.2 Å². The third-order valence-electron chi connectivity index (χ3n) is 1.84. The number of amides is 1. The third kappa shape index (κ3) is 3.51. The number of carbonyl (C=O) groups is 1. The van der Waals surface area contributed by atoms with Crippen LogP contribution in [0, 0.1) is 0 Å². The molecule has 0 spiro atoms. The maximum absolute atomic E-state index is 11.6. The summed E-state index contributed by atoms with van der Waals surface area (Å²) < 4.78 is 0. The SMILES string of the molecule is CC(C)(C)NC(=O)C(O)c1ccc(N)cn1. The van der Waals surface area contributed by atoms with Crippen LogP contribution in [0.2, 0.25) is 0 Å². The van der Waals surface area contributed by atoms with Crippen molar-refractivity contribution < 1.29 is 9.90 Å². The fourth-order valence-corrected chi connectivity index (χ4v) is 1.15. The Morgan fingerprint density at radius 2 is 2.12 bits per heavy atom. The number of hydrogen-bond acceptors (Lipinski definition) is 4. The van der Waals surface area contributed by atoms with Crippen LogP contribution in [0.3, 0.4) is 0 Å². The summed E-state index contributed by atoms with van der Waals surface area (Å²) in [5, 5.41) is 12.4. The van der Waals surface area contributed by atoms with Crippen molar-refractivity contribution in [2.45, 2.75) is 32.4 Å². The molecule has 5 heteroatoms. The lowest BCUT2D eigenvalue weighted by Gasteiger charge is -2.22. The van der Waals surface area contributed by atoms with E-state index in [1.165, 1.54) is 12.3 Å². The molecule has 0 aromatic carbocycles. The number of nitrogens with one attached hydrogen (secondary N) is 1. The van der Waals surface area contributed by atoms with E-state index in [1.54, 1.807) is 6.07 Å². The minimum absolute atomic E-state index is 0.288. The first kappa shape index (κ1) is 12.4. The highest BCUT2D eigenvalue weighted by Crippen LogP contribution is 2.13. The number of aromatic nitrogens is 1. The van der Waals surface area contributed by atoms with Gasteiger partial charge in [-0.15, -0.1) is 0 Å². The van der Waals surface area contributed by atoms with Crippen LogP contribution in [0.1, 0.15) is 32.6 Å². The lowest BCUT2D eigenvalue weighted by Crippen LogP contribution is -2.43. The average molecular weight is 223 g/mol. The molecule has 0 aliphatic rings. The van der Waals surface area contributed by atoms with Crippen LogP contribution in [-0.2, 0) is 4.79 Å². The van der Waals surface area contributed by atoms with Crippen molar-refractivity contribution >= 4 is 11.6 Å². The number of aliphatic hydroxyl groups excluding tert-OH is 1. The van der Waals surface area contributed by atoms with Crippen molar-refractivity contribution in [3.8, 4) is 0 Å². The number of carbonyl (C=O) groups excluding carboxylic acids is 1. The molecule has 0 radical (unpaired) electrons. The number of pyridine rings is 1. The molecular weight excluding hydrogens is 206 g/mol. The smallest absolute Gasteiger partial charge is 0.255 e. The fourth-order valence-electron chi connectivity index (χ4n) is 1.15. The predicted octanol–water partition coefficient (Wildman–Crippen LogP) is 0.612. The second-order valence-electron chi connectivity index (χ2n) is 4.66. The van der Waals surface area contributed by atoms with Gasteiger partial charge in [-0.2, -0.15) is 0 Å². The lowest BCUT2D eigenvalue weighted by molar-refractivity contribution is -0.131. The number of hydrogen-bond donors (Lipinski definition) is 3. The van der Waals surface area contributed by atoms with Crippen LogP contribution in [0.25, 0.3) is 0 Å². The van der Waals surface area contributed by atoms with Crippen molar-refractivity contribution in [2.75, 3.05) is 5.73 Å². The number of anilines is 1. The Morgan fingerprint density at radius 3 is 2.56 bits per heavy atom. The van der Waals surface area contributed by atoms with Crippen molar-refractivity contribution in [3.63, 3.8) is 0 Å². The monoisotopic (exact) mass is 223 g/mol. The maximum atomic E-state index is 11.6. The molecule has 1 heterocycles. The highest BCUT2D eigenvalue weighted by Gasteiger charge is 2.22.